The van der Waals surface area contributed by atoms with Crippen molar-refractivity contribution in [1.29, 1.82) is 0 Å². The zero-order chi connectivity index (χ0) is 17.8. The summed E-state index contributed by atoms with van der Waals surface area (Å²) < 4.78 is 0. The van der Waals surface area contributed by atoms with Crippen LogP contribution >= 0.6 is 0 Å². The molecule has 0 radical (unpaired) electrons. The molecule has 1 aromatic carbocycles. The molecule has 2 aliphatic rings. The third-order valence-corrected chi connectivity index (χ3v) is 5.30. The van der Waals surface area contributed by atoms with Gasteiger partial charge in [-0.05, 0) is 37.2 Å². The van der Waals surface area contributed by atoms with Gasteiger partial charge in [-0.1, -0.05) is 30.3 Å². The van der Waals surface area contributed by atoms with Crippen LogP contribution < -0.4 is 0 Å². The number of hydrogen-bond donors (Lipinski definition) is 2. The average Bonchev–Trinajstić information content (AvgIpc) is 3.21. The van der Waals surface area contributed by atoms with Crippen molar-refractivity contribution in [1.82, 2.24) is 9.80 Å². The molecule has 0 spiro atoms. The zero-order valence-corrected chi connectivity index (χ0v) is 14.4. The largest absolute Gasteiger partial charge is 0.380 e. The summed E-state index contributed by atoms with van der Waals surface area (Å²) in [5.41, 5.74) is 1.26. The molecule has 2 N–H and O–H groups in total. The molecule has 6 heteroatoms. The lowest BCUT2D eigenvalue weighted by atomic mass is 9.89. The van der Waals surface area contributed by atoms with Crippen molar-refractivity contribution in [2.24, 2.45) is 0 Å². The molecule has 2 heterocycles. The van der Waals surface area contributed by atoms with Crippen LogP contribution in [0.25, 0.3) is 0 Å². The van der Waals surface area contributed by atoms with Crippen LogP contribution in [-0.2, 0) is 9.59 Å². The van der Waals surface area contributed by atoms with E-state index in [0.29, 0.717) is 32.1 Å². The van der Waals surface area contributed by atoms with Gasteiger partial charge in [0.1, 0.15) is 0 Å². The Kier molecular flexibility index (Phi) is 5.71. The van der Waals surface area contributed by atoms with Crippen molar-refractivity contribution < 1.29 is 19.8 Å². The molecule has 2 atom stereocenters. The molecule has 25 heavy (non-hydrogen) atoms. The molecule has 2 saturated heterocycles. The molecular formula is C19H26N2O4. The number of piperidine rings is 1. The van der Waals surface area contributed by atoms with Gasteiger partial charge in [0.15, 0.2) is 12.2 Å². The Labute approximate surface area is 148 Å². The molecule has 2 aliphatic heterocycles. The minimum absolute atomic E-state index is 0.401. The minimum atomic E-state index is -1.68. The molecule has 2 unspecified atom stereocenters. The third kappa shape index (κ3) is 4.02. The summed E-state index contributed by atoms with van der Waals surface area (Å²) in [5, 5.41) is 20.3. The third-order valence-electron chi connectivity index (χ3n) is 5.30. The van der Waals surface area contributed by atoms with E-state index in [1.54, 1.807) is 4.90 Å². The second kappa shape index (κ2) is 7.97. The Bertz CT molecular complexity index is 593. The molecule has 0 aromatic heterocycles. The topological polar surface area (TPSA) is 81.1 Å². The number of benzene rings is 1. The second-order valence-electron chi connectivity index (χ2n) is 6.93. The maximum absolute atomic E-state index is 12.4. The molecule has 2 fully saturated rings. The molecule has 6 nitrogen and oxygen atoms in total. The molecule has 0 bridgehead atoms. The maximum atomic E-state index is 12.4. The predicted molar refractivity (Wildman–Crippen MR) is 92.8 cm³/mol. The fraction of sp³-hybridized carbons (Fsp3) is 0.579. The fourth-order valence-electron chi connectivity index (χ4n) is 3.74. The predicted octanol–water partition coefficient (Wildman–Crippen LogP) is 0.737. The quantitative estimate of drug-likeness (QED) is 0.842. The van der Waals surface area contributed by atoms with Crippen molar-refractivity contribution in [3.8, 4) is 0 Å². The van der Waals surface area contributed by atoms with Crippen LogP contribution in [0.2, 0.25) is 0 Å². The van der Waals surface area contributed by atoms with Crippen LogP contribution in [0.1, 0.15) is 37.2 Å². The number of carbonyl (C=O) groups excluding carboxylic acids is 2. The highest BCUT2D eigenvalue weighted by molar-refractivity contribution is 5.90. The fourth-order valence-corrected chi connectivity index (χ4v) is 3.74. The summed E-state index contributed by atoms with van der Waals surface area (Å²) in [6, 6.07) is 10.2. The van der Waals surface area contributed by atoms with E-state index < -0.39 is 24.0 Å². The first-order valence-electron chi connectivity index (χ1n) is 9.06. The number of hydrogen-bond acceptors (Lipinski definition) is 4. The number of rotatable bonds is 4. The van der Waals surface area contributed by atoms with Crippen molar-refractivity contribution in [3.05, 3.63) is 35.9 Å². The maximum Gasteiger partial charge on any atom is 0.254 e. The summed E-state index contributed by atoms with van der Waals surface area (Å²) in [5.74, 6) is -0.692. The van der Waals surface area contributed by atoms with E-state index in [1.807, 2.05) is 18.2 Å². The standard InChI is InChI=1S/C19H26N2O4/c22-16(18(24)20-10-4-5-11-20)17(23)19(25)21-12-8-15(9-13-21)14-6-2-1-3-7-14/h1-3,6-7,15-17,22-23H,4-5,8-13H2. The number of carbonyl (C=O) groups is 2. The highest BCUT2D eigenvalue weighted by atomic mass is 16.3. The summed E-state index contributed by atoms with van der Waals surface area (Å²) >= 11 is 0. The Hall–Kier alpha value is -1.92. The van der Waals surface area contributed by atoms with E-state index in [1.165, 1.54) is 10.5 Å². The first-order chi connectivity index (χ1) is 12.1. The lowest BCUT2D eigenvalue weighted by molar-refractivity contribution is -0.158. The normalized spacial score (nSPS) is 21.2. The van der Waals surface area contributed by atoms with Crippen molar-refractivity contribution >= 4 is 11.8 Å². The molecule has 136 valence electrons. The monoisotopic (exact) mass is 346 g/mol. The van der Waals surface area contributed by atoms with Crippen LogP contribution in [0.3, 0.4) is 0 Å². The lowest BCUT2D eigenvalue weighted by Crippen LogP contribution is -2.52. The number of nitrogens with zero attached hydrogens (tertiary/aromatic N) is 2. The molecule has 0 aliphatic carbocycles. The van der Waals surface area contributed by atoms with E-state index in [4.69, 9.17) is 0 Å². The second-order valence-corrected chi connectivity index (χ2v) is 6.93. The zero-order valence-electron chi connectivity index (χ0n) is 14.4. The molecule has 3 rings (SSSR count). The lowest BCUT2D eigenvalue weighted by Gasteiger charge is -2.34. The highest BCUT2D eigenvalue weighted by Crippen LogP contribution is 2.28. The van der Waals surface area contributed by atoms with Gasteiger partial charge in [0.05, 0.1) is 0 Å². The SMILES string of the molecule is O=C(C(O)C(O)C(=O)N1CCC(c2ccccc2)CC1)N1CCCC1. The molecule has 2 amide bonds. The summed E-state index contributed by atoms with van der Waals surface area (Å²) in [6.45, 7) is 2.22. The van der Waals surface area contributed by atoms with Gasteiger partial charge >= 0.3 is 0 Å². The van der Waals surface area contributed by atoms with Gasteiger partial charge < -0.3 is 20.0 Å². The van der Waals surface area contributed by atoms with Gasteiger partial charge in [0, 0.05) is 26.2 Å². The minimum Gasteiger partial charge on any atom is -0.380 e. The van der Waals surface area contributed by atoms with Crippen LogP contribution in [0.15, 0.2) is 30.3 Å². The van der Waals surface area contributed by atoms with Crippen molar-refractivity contribution in [3.63, 3.8) is 0 Å². The van der Waals surface area contributed by atoms with Gasteiger partial charge in [-0.2, -0.15) is 0 Å². The van der Waals surface area contributed by atoms with Crippen LogP contribution in [0.5, 0.6) is 0 Å². The summed E-state index contributed by atoms with van der Waals surface area (Å²) in [4.78, 5) is 27.7. The van der Waals surface area contributed by atoms with Gasteiger partial charge in [0.25, 0.3) is 11.8 Å². The van der Waals surface area contributed by atoms with Crippen LogP contribution in [0.4, 0.5) is 0 Å². The Balaban J connectivity index is 1.53. The van der Waals surface area contributed by atoms with E-state index in [0.717, 1.165) is 25.7 Å². The van der Waals surface area contributed by atoms with Crippen LogP contribution in [0, 0.1) is 0 Å². The summed E-state index contributed by atoms with van der Waals surface area (Å²) in [6.07, 6.45) is 0.0845. The number of aliphatic hydroxyl groups is 2. The van der Waals surface area contributed by atoms with Crippen molar-refractivity contribution in [2.45, 2.75) is 43.8 Å². The van der Waals surface area contributed by atoms with Gasteiger partial charge in [-0.3, -0.25) is 9.59 Å². The van der Waals surface area contributed by atoms with Crippen molar-refractivity contribution in [2.75, 3.05) is 26.2 Å². The highest BCUT2D eigenvalue weighted by Gasteiger charge is 2.37. The number of likely N-dealkylation sites (tertiary alicyclic amines) is 2. The van der Waals surface area contributed by atoms with Gasteiger partial charge in [0.2, 0.25) is 0 Å². The Morgan fingerprint density at radius 2 is 1.32 bits per heavy atom. The van der Waals surface area contributed by atoms with Crippen LogP contribution in [-0.4, -0.2) is 70.2 Å². The smallest absolute Gasteiger partial charge is 0.254 e. The first kappa shape index (κ1) is 17.9. The molecule has 1 aromatic rings. The Morgan fingerprint density at radius 3 is 1.84 bits per heavy atom. The van der Waals surface area contributed by atoms with E-state index in [9.17, 15) is 19.8 Å². The molecular weight excluding hydrogens is 320 g/mol. The van der Waals surface area contributed by atoms with E-state index in [-0.39, 0.29) is 0 Å². The first-order valence-corrected chi connectivity index (χ1v) is 9.06. The van der Waals surface area contributed by atoms with Gasteiger partial charge in [-0.25, -0.2) is 0 Å². The van der Waals surface area contributed by atoms with E-state index >= 15 is 0 Å². The number of amides is 2. The van der Waals surface area contributed by atoms with Gasteiger partial charge in [-0.15, -0.1) is 0 Å². The Morgan fingerprint density at radius 1 is 0.840 bits per heavy atom. The molecule has 0 saturated carbocycles. The average molecular weight is 346 g/mol. The summed E-state index contributed by atoms with van der Waals surface area (Å²) in [7, 11) is 0. The van der Waals surface area contributed by atoms with E-state index in [2.05, 4.69) is 12.1 Å². The number of aliphatic hydroxyl groups excluding tert-OH is 2.